The van der Waals surface area contributed by atoms with E-state index in [2.05, 4.69) is 34.8 Å². The minimum atomic E-state index is -4.54. The summed E-state index contributed by atoms with van der Waals surface area (Å²) in [5.41, 5.74) is -0.569. The summed E-state index contributed by atoms with van der Waals surface area (Å²) in [7, 11) is -1.37. The normalized spacial score (nSPS) is 12.6. The maximum atomic E-state index is 14.5. The Kier molecular flexibility index (Phi) is 6.29. The van der Waals surface area contributed by atoms with Gasteiger partial charge >= 0.3 is 6.18 Å². The number of hydrogen-bond acceptors (Lipinski definition) is 4. The third-order valence-electron chi connectivity index (χ3n) is 5.23. The molecule has 0 N–H and O–H groups in total. The molecule has 180 valence electrons. The molecule has 0 saturated heterocycles. The van der Waals surface area contributed by atoms with E-state index in [0.29, 0.717) is 12.1 Å². The molecule has 0 aliphatic rings. The van der Waals surface area contributed by atoms with Gasteiger partial charge in [-0.15, -0.1) is 10.2 Å². The summed E-state index contributed by atoms with van der Waals surface area (Å²) >= 11 is 0. The number of imidazole rings is 1. The molecular formula is C22H22F5N5OSi. The molecule has 0 saturated carbocycles. The van der Waals surface area contributed by atoms with Crippen molar-refractivity contribution in [2.75, 3.05) is 6.61 Å². The van der Waals surface area contributed by atoms with E-state index in [1.54, 1.807) is 4.57 Å². The molecule has 2 heterocycles. The second-order valence-electron chi connectivity index (χ2n) is 9.01. The van der Waals surface area contributed by atoms with E-state index in [4.69, 9.17) is 4.74 Å². The molecule has 0 spiro atoms. The Hall–Kier alpha value is -3.12. The topological polar surface area (TPSA) is 57.8 Å². The van der Waals surface area contributed by atoms with Gasteiger partial charge in [0.2, 0.25) is 5.82 Å². The lowest BCUT2D eigenvalue weighted by Gasteiger charge is -2.16. The number of ether oxygens (including phenoxy) is 1. The molecule has 12 heteroatoms. The summed E-state index contributed by atoms with van der Waals surface area (Å²) in [5.74, 6) is -2.03. The van der Waals surface area contributed by atoms with Gasteiger partial charge in [-0.05, 0) is 36.4 Å². The quantitative estimate of drug-likeness (QED) is 0.182. The molecule has 0 aliphatic carbocycles. The van der Waals surface area contributed by atoms with Crippen LogP contribution in [0.2, 0.25) is 25.7 Å². The molecular weight excluding hydrogens is 473 g/mol. The zero-order valence-electron chi connectivity index (χ0n) is 18.7. The van der Waals surface area contributed by atoms with Crippen molar-refractivity contribution >= 4 is 19.1 Å². The molecule has 2 aromatic carbocycles. The lowest BCUT2D eigenvalue weighted by Crippen LogP contribution is -2.22. The zero-order chi connectivity index (χ0) is 24.7. The second kappa shape index (κ2) is 8.91. The SMILES string of the molecule is C[Si](C)(C)CCOCn1c(-c2nncn2-c2cccc(F)c2F)nc2cc(C(F)(F)F)ccc21. The Bertz CT molecular complexity index is 1330. The van der Waals surface area contributed by atoms with Crippen molar-refractivity contribution in [3.8, 4) is 17.3 Å². The molecule has 0 unspecified atom stereocenters. The predicted molar refractivity (Wildman–Crippen MR) is 119 cm³/mol. The highest BCUT2D eigenvalue weighted by molar-refractivity contribution is 6.76. The number of fused-ring (bicyclic) bond motifs is 1. The fourth-order valence-corrected chi connectivity index (χ4v) is 4.14. The zero-order valence-corrected chi connectivity index (χ0v) is 19.7. The smallest absolute Gasteiger partial charge is 0.361 e. The summed E-state index contributed by atoms with van der Waals surface area (Å²) in [4.78, 5) is 4.35. The largest absolute Gasteiger partial charge is 0.416 e. The van der Waals surface area contributed by atoms with Crippen LogP contribution in [0.15, 0.2) is 42.7 Å². The van der Waals surface area contributed by atoms with Crippen molar-refractivity contribution in [1.82, 2.24) is 24.3 Å². The van der Waals surface area contributed by atoms with Crippen LogP contribution in [-0.2, 0) is 17.6 Å². The highest BCUT2D eigenvalue weighted by Crippen LogP contribution is 2.33. The first-order valence-electron chi connectivity index (χ1n) is 10.5. The van der Waals surface area contributed by atoms with E-state index < -0.39 is 31.4 Å². The lowest BCUT2D eigenvalue weighted by molar-refractivity contribution is -0.137. The summed E-state index contributed by atoms with van der Waals surface area (Å²) < 4.78 is 76.7. The highest BCUT2D eigenvalue weighted by atomic mass is 28.3. The third-order valence-corrected chi connectivity index (χ3v) is 6.93. The van der Waals surface area contributed by atoms with E-state index in [9.17, 15) is 22.0 Å². The number of rotatable bonds is 7. The monoisotopic (exact) mass is 495 g/mol. The molecule has 0 aliphatic heterocycles. The average Bonchev–Trinajstić information content (AvgIpc) is 3.36. The lowest BCUT2D eigenvalue weighted by atomic mass is 10.2. The molecule has 0 fully saturated rings. The molecule has 0 bridgehead atoms. The fraction of sp³-hybridized carbons (Fsp3) is 0.318. The van der Waals surface area contributed by atoms with E-state index in [0.717, 1.165) is 24.2 Å². The van der Waals surface area contributed by atoms with Gasteiger partial charge in [-0.3, -0.25) is 9.13 Å². The van der Waals surface area contributed by atoms with Gasteiger partial charge in [-0.1, -0.05) is 25.7 Å². The first-order chi connectivity index (χ1) is 16.0. The van der Waals surface area contributed by atoms with Gasteiger partial charge in [-0.2, -0.15) is 13.2 Å². The van der Waals surface area contributed by atoms with Gasteiger partial charge < -0.3 is 4.74 Å². The predicted octanol–water partition coefficient (Wildman–Crippen LogP) is 5.89. The third kappa shape index (κ3) is 4.87. The van der Waals surface area contributed by atoms with Gasteiger partial charge in [-0.25, -0.2) is 13.8 Å². The van der Waals surface area contributed by atoms with Crippen LogP contribution in [0, 0.1) is 11.6 Å². The Morgan fingerprint density at radius 1 is 1.03 bits per heavy atom. The fourth-order valence-electron chi connectivity index (χ4n) is 3.38. The molecule has 0 atom stereocenters. The standard InChI is InChI=1S/C22H22F5N5OSi/c1-34(2,3)10-9-33-13-32-17-8-7-14(22(25,26)27)11-16(17)29-20(32)21-30-28-12-31(21)18-6-4-5-15(23)19(18)24/h4-8,11-12H,9-10,13H2,1-3H3. The van der Waals surface area contributed by atoms with Crippen molar-refractivity contribution in [3.05, 3.63) is 59.9 Å². The van der Waals surface area contributed by atoms with Gasteiger partial charge in [0.25, 0.3) is 0 Å². The molecule has 4 aromatic rings. The minimum absolute atomic E-state index is 0.0137. The van der Waals surface area contributed by atoms with Crippen LogP contribution >= 0.6 is 0 Å². The van der Waals surface area contributed by atoms with Gasteiger partial charge in [0, 0.05) is 14.7 Å². The molecule has 4 rings (SSSR count). The number of nitrogens with zero attached hydrogens (tertiary/aromatic N) is 5. The van der Waals surface area contributed by atoms with Crippen LogP contribution in [0.1, 0.15) is 5.56 Å². The highest BCUT2D eigenvalue weighted by Gasteiger charge is 2.31. The minimum Gasteiger partial charge on any atom is -0.361 e. The first kappa shape index (κ1) is 24.0. The van der Waals surface area contributed by atoms with Crippen LogP contribution < -0.4 is 0 Å². The maximum Gasteiger partial charge on any atom is 0.416 e. The van der Waals surface area contributed by atoms with Crippen molar-refractivity contribution < 1.29 is 26.7 Å². The van der Waals surface area contributed by atoms with Crippen LogP contribution in [-0.4, -0.2) is 39.0 Å². The number of alkyl halides is 3. The second-order valence-corrected chi connectivity index (χ2v) is 14.6. The number of halogens is 5. The van der Waals surface area contributed by atoms with E-state index >= 15 is 0 Å². The Labute approximate surface area is 193 Å². The van der Waals surface area contributed by atoms with E-state index in [1.165, 1.54) is 29.1 Å². The molecule has 34 heavy (non-hydrogen) atoms. The van der Waals surface area contributed by atoms with Gasteiger partial charge in [0.05, 0.1) is 22.3 Å². The number of aromatic nitrogens is 5. The van der Waals surface area contributed by atoms with Crippen LogP contribution in [0.3, 0.4) is 0 Å². The Balaban J connectivity index is 1.82. The first-order valence-corrected chi connectivity index (χ1v) is 14.2. The molecule has 0 amide bonds. The molecule has 2 aromatic heterocycles. The van der Waals surface area contributed by atoms with Crippen LogP contribution in [0.25, 0.3) is 28.4 Å². The van der Waals surface area contributed by atoms with Crippen molar-refractivity contribution in [2.24, 2.45) is 0 Å². The number of benzene rings is 2. The summed E-state index contributed by atoms with van der Waals surface area (Å²) in [6, 6.07) is 7.73. The molecule has 0 radical (unpaired) electrons. The van der Waals surface area contributed by atoms with Gasteiger partial charge in [0.15, 0.2) is 17.5 Å². The summed E-state index contributed by atoms with van der Waals surface area (Å²) in [5, 5.41) is 7.80. The van der Waals surface area contributed by atoms with Gasteiger partial charge in [0.1, 0.15) is 13.1 Å². The number of hydrogen-bond donors (Lipinski definition) is 0. The van der Waals surface area contributed by atoms with Crippen molar-refractivity contribution in [3.63, 3.8) is 0 Å². The van der Waals surface area contributed by atoms with Crippen LogP contribution in [0.5, 0.6) is 0 Å². The van der Waals surface area contributed by atoms with Crippen LogP contribution in [0.4, 0.5) is 22.0 Å². The summed E-state index contributed by atoms with van der Waals surface area (Å²) in [6.45, 7) is 7.04. The summed E-state index contributed by atoms with van der Waals surface area (Å²) in [6.07, 6.45) is -3.36. The Morgan fingerprint density at radius 2 is 1.79 bits per heavy atom. The maximum absolute atomic E-state index is 14.5. The Morgan fingerprint density at radius 3 is 2.50 bits per heavy atom. The van der Waals surface area contributed by atoms with E-state index in [-0.39, 0.29) is 29.6 Å². The van der Waals surface area contributed by atoms with Crippen molar-refractivity contribution in [1.29, 1.82) is 0 Å². The average molecular weight is 496 g/mol. The van der Waals surface area contributed by atoms with Crippen molar-refractivity contribution in [2.45, 2.75) is 38.6 Å². The van der Waals surface area contributed by atoms with E-state index in [1.807, 2.05) is 0 Å². The molecule has 6 nitrogen and oxygen atoms in total.